The summed E-state index contributed by atoms with van der Waals surface area (Å²) in [7, 11) is 0. The molecule has 1 saturated carbocycles. The third-order valence-corrected chi connectivity index (χ3v) is 3.21. The van der Waals surface area contributed by atoms with E-state index in [1.807, 2.05) is 0 Å². The molecule has 2 rings (SSSR count). The summed E-state index contributed by atoms with van der Waals surface area (Å²) >= 11 is 0. The van der Waals surface area contributed by atoms with Gasteiger partial charge in [0, 0.05) is 36.7 Å². The van der Waals surface area contributed by atoms with Gasteiger partial charge in [-0.25, -0.2) is 0 Å². The van der Waals surface area contributed by atoms with Gasteiger partial charge in [-0.15, -0.1) is 0 Å². The molecule has 110 valence electrons. The van der Waals surface area contributed by atoms with Gasteiger partial charge in [0.2, 0.25) is 0 Å². The largest absolute Gasteiger partial charge is 0.493 e. The Hall–Kier alpha value is -1.66. The van der Waals surface area contributed by atoms with Gasteiger partial charge in [0.1, 0.15) is 5.75 Å². The van der Waals surface area contributed by atoms with Crippen LogP contribution in [0.15, 0.2) is 18.2 Å². The number of benzene rings is 1. The van der Waals surface area contributed by atoms with Gasteiger partial charge in [-0.05, 0) is 25.8 Å². The Kier molecular flexibility index (Phi) is 4.92. The van der Waals surface area contributed by atoms with E-state index in [0.717, 1.165) is 18.4 Å². The lowest BCUT2D eigenvalue weighted by atomic mass is 10.1. The van der Waals surface area contributed by atoms with Crippen LogP contribution in [0.2, 0.25) is 0 Å². The topological polar surface area (TPSA) is 84.6 Å². The van der Waals surface area contributed by atoms with Gasteiger partial charge in [0.05, 0.1) is 17.6 Å². The number of hydrogen-bond donors (Lipinski definition) is 2. The minimum Gasteiger partial charge on any atom is -0.493 e. The zero-order chi connectivity index (χ0) is 14.5. The highest BCUT2D eigenvalue weighted by atomic mass is 16.6. The Bertz CT molecular complexity index is 472. The first-order valence-corrected chi connectivity index (χ1v) is 6.88. The Morgan fingerprint density at radius 2 is 2.30 bits per heavy atom. The van der Waals surface area contributed by atoms with Gasteiger partial charge in [-0.1, -0.05) is 0 Å². The van der Waals surface area contributed by atoms with Crippen LogP contribution in [0.4, 0.5) is 5.69 Å². The molecule has 1 aliphatic rings. The molecule has 20 heavy (non-hydrogen) atoms. The number of hydrogen-bond acceptors (Lipinski definition) is 5. The first-order valence-electron chi connectivity index (χ1n) is 6.88. The third kappa shape index (κ3) is 4.47. The molecule has 1 aromatic carbocycles. The predicted molar refractivity (Wildman–Crippen MR) is 74.8 cm³/mol. The van der Waals surface area contributed by atoms with Gasteiger partial charge >= 0.3 is 0 Å². The zero-order valence-electron chi connectivity index (χ0n) is 11.5. The van der Waals surface area contributed by atoms with Crippen LogP contribution in [-0.4, -0.2) is 28.8 Å². The minimum atomic E-state index is -0.416. The number of nitrogens with zero attached hydrogens (tertiary/aromatic N) is 1. The Morgan fingerprint density at radius 1 is 1.55 bits per heavy atom. The summed E-state index contributed by atoms with van der Waals surface area (Å²) in [6.45, 7) is 2.66. The molecule has 0 bridgehead atoms. The number of non-ortho nitro benzene ring substituents is 1. The van der Waals surface area contributed by atoms with E-state index in [1.165, 1.54) is 6.07 Å². The number of aliphatic hydroxyl groups is 1. The first-order chi connectivity index (χ1) is 9.56. The lowest BCUT2D eigenvalue weighted by Crippen LogP contribution is -2.16. The van der Waals surface area contributed by atoms with Crippen molar-refractivity contribution in [1.82, 2.24) is 5.32 Å². The maximum absolute atomic E-state index is 10.8. The quantitative estimate of drug-likeness (QED) is 0.562. The van der Waals surface area contributed by atoms with Crippen LogP contribution >= 0.6 is 0 Å². The maximum Gasteiger partial charge on any atom is 0.270 e. The highest BCUT2D eigenvalue weighted by Crippen LogP contribution is 2.26. The third-order valence-electron chi connectivity index (χ3n) is 3.21. The van der Waals surface area contributed by atoms with Crippen molar-refractivity contribution in [3.8, 4) is 5.75 Å². The van der Waals surface area contributed by atoms with E-state index in [1.54, 1.807) is 19.1 Å². The molecule has 1 aromatic rings. The molecule has 1 atom stereocenters. The number of nitrogens with one attached hydrogen (secondary N) is 1. The maximum atomic E-state index is 10.8. The molecule has 0 heterocycles. The average Bonchev–Trinajstić information content (AvgIpc) is 3.20. The van der Waals surface area contributed by atoms with E-state index in [-0.39, 0.29) is 5.69 Å². The fourth-order valence-corrected chi connectivity index (χ4v) is 1.84. The molecule has 1 unspecified atom stereocenters. The number of rotatable bonds is 8. The van der Waals surface area contributed by atoms with E-state index in [0.29, 0.717) is 31.4 Å². The summed E-state index contributed by atoms with van der Waals surface area (Å²) in [5, 5.41) is 23.4. The molecule has 1 aliphatic carbocycles. The molecular formula is C14H20N2O4. The molecule has 6 nitrogen and oxygen atoms in total. The monoisotopic (exact) mass is 280 g/mol. The molecular weight excluding hydrogens is 260 g/mol. The van der Waals surface area contributed by atoms with E-state index < -0.39 is 11.0 Å². The van der Waals surface area contributed by atoms with Crippen LogP contribution in [-0.2, 0) is 6.54 Å². The van der Waals surface area contributed by atoms with Crippen LogP contribution < -0.4 is 10.1 Å². The molecule has 1 fully saturated rings. The van der Waals surface area contributed by atoms with E-state index in [9.17, 15) is 15.2 Å². The zero-order valence-corrected chi connectivity index (χ0v) is 11.5. The molecule has 2 N–H and O–H groups in total. The molecule has 0 saturated heterocycles. The number of aliphatic hydroxyl groups excluding tert-OH is 1. The SMILES string of the molecule is CC(O)CCOc1ccc([N+](=O)[O-])cc1CNC1CC1. The van der Waals surface area contributed by atoms with Crippen LogP contribution in [0, 0.1) is 10.1 Å². The summed E-state index contributed by atoms with van der Waals surface area (Å²) in [6, 6.07) is 5.15. The lowest BCUT2D eigenvalue weighted by molar-refractivity contribution is -0.384. The molecule has 0 aromatic heterocycles. The summed E-state index contributed by atoms with van der Waals surface area (Å²) in [4.78, 5) is 10.4. The smallest absolute Gasteiger partial charge is 0.270 e. The van der Waals surface area contributed by atoms with E-state index in [2.05, 4.69) is 5.32 Å². The van der Waals surface area contributed by atoms with Gasteiger partial charge < -0.3 is 15.2 Å². The molecule has 6 heteroatoms. The van der Waals surface area contributed by atoms with Crippen LogP contribution in [0.1, 0.15) is 31.7 Å². The first kappa shape index (κ1) is 14.7. The minimum absolute atomic E-state index is 0.0699. The normalized spacial score (nSPS) is 15.9. The fourth-order valence-electron chi connectivity index (χ4n) is 1.84. The molecule has 0 spiro atoms. The highest BCUT2D eigenvalue weighted by Gasteiger charge is 2.21. The summed E-state index contributed by atoms with van der Waals surface area (Å²) in [5.74, 6) is 0.643. The molecule has 0 radical (unpaired) electrons. The van der Waals surface area contributed by atoms with Crippen molar-refractivity contribution in [3.05, 3.63) is 33.9 Å². The number of nitro benzene ring substituents is 1. The van der Waals surface area contributed by atoms with Gasteiger partial charge in [-0.3, -0.25) is 10.1 Å². The van der Waals surface area contributed by atoms with Crippen molar-refractivity contribution < 1.29 is 14.8 Å². The van der Waals surface area contributed by atoms with Crippen LogP contribution in [0.3, 0.4) is 0 Å². The van der Waals surface area contributed by atoms with Crippen molar-refractivity contribution >= 4 is 5.69 Å². The highest BCUT2D eigenvalue weighted by molar-refractivity contribution is 5.43. The van der Waals surface area contributed by atoms with Gasteiger partial charge in [-0.2, -0.15) is 0 Å². The summed E-state index contributed by atoms with van der Waals surface area (Å²) in [6.07, 6.45) is 2.44. The van der Waals surface area contributed by atoms with Gasteiger partial charge in [0.15, 0.2) is 0 Å². The summed E-state index contributed by atoms with van der Waals surface area (Å²) in [5.41, 5.74) is 0.858. The molecule has 0 aliphatic heterocycles. The predicted octanol–water partition coefficient (Wildman–Crippen LogP) is 2.00. The second-order valence-electron chi connectivity index (χ2n) is 5.19. The summed E-state index contributed by atoms with van der Waals surface area (Å²) < 4.78 is 5.61. The second-order valence-corrected chi connectivity index (χ2v) is 5.19. The van der Waals surface area contributed by atoms with E-state index >= 15 is 0 Å². The molecule has 0 amide bonds. The van der Waals surface area contributed by atoms with E-state index in [4.69, 9.17) is 4.74 Å². The Morgan fingerprint density at radius 3 is 2.90 bits per heavy atom. The Balaban J connectivity index is 2.04. The average molecular weight is 280 g/mol. The van der Waals surface area contributed by atoms with Crippen molar-refractivity contribution in [2.24, 2.45) is 0 Å². The van der Waals surface area contributed by atoms with Crippen molar-refractivity contribution in [1.29, 1.82) is 0 Å². The van der Waals surface area contributed by atoms with Gasteiger partial charge in [0.25, 0.3) is 5.69 Å². The van der Waals surface area contributed by atoms with Crippen molar-refractivity contribution in [3.63, 3.8) is 0 Å². The fraction of sp³-hybridized carbons (Fsp3) is 0.571. The standard InChI is InChI=1S/C14H20N2O4/c1-10(17)6-7-20-14-5-4-13(16(18)19)8-11(14)9-15-12-2-3-12/h4-5,8,10,12,15,17H,2-3,6-7,9H2,1H3. The Labute approximate surface area is 117 Å². The number of nitro groups is 1. The van der Waals surface area contributed by atoms with Crippen molar-refractivity contribution in [2.45, 2.75) is 44.9 Å². The second kappa shape index (κ2) is 6.67. The number of ether oxygens (including phenoxy) is 1. The van der Waals surface area contributed by atoms with Crippen molar-refractivity contribution in [2.75, 3.05) is 6.61 Å². The lowest BCUT2D eigenvalue weighted by Gasteiger charge is -2.12. The van der Waals surface area contributed by atoms with Crippen LogP contribution in [0.5, 0.6) is 5.75 Å². The van der Waals surface area contributed by atoms with Crippen LogP contribution in [0.25, 0.3) is 0 Å².